The third kappa shape index (κ3) is 4.37. The Morgan fingerprint density at radius 1 is 1.21 bits per heavy atom. The van der Waals surface area contributed by atoms with Crippen LogP contribution in [0.2, 0.25) is 0 Å². The Labute approximate surface area is 162 Å². The number of rotatable bonds is 7. The summed E-state index contributed by atoms with van der Waals surface area (Å²) < 4.78 is 15.9. The van der Waals surface area contributed by atoms with E-state index in [4.69, 9.17) is 13.9 Å². The molecule has 0 radical (unpaired) electrons. The predicted octanol–water partition coefficient (Wildman–Crippen LogP) is 3.11. The minimum Gasteiger partial charge on any atom is -0.460 e. The van der Waals surface area contributed by atoms with Gasteiger partial charge in [0.15, 0.2) is 11.9 Å². The highest BCUT2D eigenvalue weighted by Gasteiger charge is 2.22. The number of carbonyl (C=O) groups is 2. The fraction of sp³-hybridized carbons (Fsp3) is 0.286. The van der Waals surface area contributed by atoms with Gasteiger partial charge in [-0.1, -0.05) is 18.2 Å². The molecule has 1 amide bonds. The van der Waals surface area contributed by atoms with Crippen LogP contribution in [-0.4, -0.2) is 43.2 Å². The second-order valence-corrected chi connectivity index (χ2v) is 6.31. The van der Waals surface area contributed by atoms with E-state index in [-0.39, 0.29) is 5.91 Å². The van der Waals surface area contributed by atoms with Gasteiger partial charge in [-0.3, -0.25) is 4.79 Å². The van der Waals surface area contributed by atoms with Crippen molar-refractivity contribution in [3.63, 3.8) is 0 Å². The number of benzene rings is 1. The van der Waals surface area contributed by atoms with Crippen LogP contribution in [0.1, 0.15) is 23.0 Å². The number of furan rings is 1. The van der Waals surface area contributed by atoms with Crippen molar-refractivity contribution in [1.29, 1.82) is 0 Å². The van der Waals surface area contributed by atoms with Crippen LogP contribution in [0, 0.1) is 6.92 Å². The zero-order valence-electron chi connectivity index (χ0n) is 16.0. The zero-order valence-corrected chi connectivity index (χ0v) is 16.0. The lowest BCUT2D eigenvalue weighted by atomic mass is 10.1. The van der Waals surface area contributed by atoms with E-state index in [2.05, 4.69) is 10.3 Å². The Kier molecular flexibility index (Phi) is 6.06. The number of hydrogen-bond donors (Lipinski definition) is 1. The monoisotopic (exact) mass is 382 g/mol. The number of methoxy groups -OCH3 is 1. The van der Waals surface area contributed by atoms with E-state index >= 15 is 0 Å². The molecule has 1 atom stereocenters. The molecule has 0 aliphatic carbocycles. The molecule has 1 N–H and O–H groups in total. The average Bonchev–Trinajstić information content (AvgIpc) is 3.13. The lowest BCUT2D eigenvalue weighted by Crippen LogP contribution is -2.37. The van der Waals surface area contributed by atoms with Gasteiger partial charge in [0, 0.05) is 19.0 Å². The summed E-state index contributed by atoms with van der Waals surface area (Å²) in [5, 5.41) is 3.29. The Hall–Kier alpha value is -3.19. The number of ether oxygens (including phenoxy) is 2. The van der Waals surface area contributed by atoms with Crippen LogP contribution in [0.5, 0.6) is 0 Å². The molecule has 0 aliphatic heterocycles. The molecule has 0 bridgehead atoms. The summed E-state index contributed by atoms with van der Waals surface area (Å²) in [5.74, 6) is 0.321. The highest BCUT2D eigenvalue weighted by molar-refractivity contribution is 6.05. The Morgan fingerprint density at radius 2 is 2.00 bits per heavy atom. The molecule has 0 fully saturated rings. The normalized spacial score (nSPS) is 12.0. The molecule has 0 saturated heterocycles. The Balaban J connectivity index is 1.88. The fourth-order valence-corrected chi connectivity index (χ4v) is 2.74. The van der Waals surface area contributed by atoms with Crippen LogP contribution in [0.25, 0.3) is 22.4 Å². The van der Waals surface area contributed by atoms with Gasteiger partial charge in [-0.15, -0.1) is 0 Å². The summed E-state index contributed by atoms with van der Waals surface area (Å²) >= 11 is 0. The van der Waals surface area contributed by atoms with E-state index in [1.54, 1.807) is 25.3 Å². The summed E-state index contributed by atoms with van der Waals surface area (Å²) in [6.45, 7) is 4.09. The van der Waals surface area contributed by atoms with Crippen molar-refractivity contribution in [2.24, 2.45) is 0 Å². The summed E-state index contributed by atoms with van der Waals surface area (Å²) in [6.07, 6.45) is -0.939. The van der Waals surface area contributed by atoms with E-state index in [1.165, 1.54) is 6.92 Å². The Bertz CT molecular complexity index is 995. The number of carbonyl (C=O) groups excluding carboxylic acids is 2. The quantitative estimate of drug-likeness (QED) is 0.499. The topological polar surface area (TPSA) is 90.7 Å². The van der Waals surface area contributed by atoms with E-state index < -0.39 is 12.1 Å². The Morgan fingerprint density at radius 3 is 2.71 bits per heavy atom. The molecular weight excluding hydrogens is 360 g/mol. The molecule has 3 aromatic rings. The molecule has 0 spiro atoms. The third-order valence-electron chi connectivity index (χ3n) is 4.19. The smallest absolute Gasteiger partial charge is 0.339 e. The number of amides is 1. The van der Waals surface area contributed by atoms with Crippen LogP contribution < -0.4 is 5.32 Å². The first-order chi connectivity index (χ1) is 13.5. The lowest BCUT2D eigenvalue weighted by molar-refractivity contribution is -0.129. The van der Waals surface area contributed by atoms with E-state index in [1.807, 2.05) is 31.2 Å². The van der Waals surface area contributed by atoms with Gasteiger partial charge in [-0.05, 0) is 38.1 Å². The van der Waals surface area contributed by atoms with Crippen LogP contribution in [0.15, 0.2) is 46.9 Å². The highest BCUT2D eigenvalue weighted by Crippen LogP contribution is 2.27. The maximum atomic E-state index is 12.8. The van der Waals surface area contributed by atoms with Gasteiger partial charge >= 0.3 is 5.97 Å². The predicted molar refractivity (Wildman–Crippen MR) is 104 cm³/mol. The number of para-hydroxylation sites is 1. The second-order valence-electron chi connectivity index (χ2n) is 6.31. The SMILES string of the molecule is COCCNC(=O)[C@H](C)OC(=O)c1cc(-c2ccc(C)o2)nc2ccccc12. The van der Waals surface area contributed by atoms with Gasteiger partial charge < -0.3 is 19.2 Å². The van der Waals surface area contributed by atoms with Crippen molar-refractivity contribution in [3.05, 3.63) is 53.8 Å². The van der Waals surface area contributed by atoms with Gasteiger partial charge in [0.25, 0.3) is 5.91 Å². The van der Waals surface area contributed by atoms with Crippen molar-refractivity contribution in [1.82, 2.24) is 10.3 Å². The summed E-state index contributed by atoms with van der Waals surface area (Å²) in [5.41, 5.74) is 1.49. The summed E-state index contributed by atoms with van der Waals surface area (Å²) in [4.78, 5) is 29.4. The summed E-state index contributed by atoms with van der Waals surface area (Å²) in [6, 6.07) is 12.5. The number of aromatic nitrogens is 1. The number of pyridine rings is 1. The second kappa shape index (κ2) is 8.67. The van der Waals surface area contributed by atoms with Gasteiger partial charge in [-0.25, -0.2) is 9.78 Å². The molecular formula is C21H22N2O5. The number of aryl methyl sites for hydroxylation is 1. The largest absolute Gasteiger partial charge is 0.460 e. The molecule has 146 valence electrons. The highest BCUT2D eigenvalue weighted by atomic mass is 16.5. The zero-order chi connectivity index (χ0) is 20.1. The first kappa shape index (κ1) is 19.6. The molecule has 0 unspecified atom stereocenters. The standard InChI is InChI=1S/C21H22N2O5/c1-13-8-9-19(27-13)18-12-16(15-6-4-5-7-17(15)23-18)21(25)28-14(2)20(24)22-10-11-26-3/h4-9,12,14H,10-11H2,1-3H3,(H,22,24)/t14-/m0/s1. The average molecular weight is 382 g/mol. The first-order valence-electron chi connectivity index (χ1n) is 8.94. The molecule has 28 heavy (non-hydrogen) atoms. The van der Waals surface area contributed by atoms with Gasteiger partial charge in [-0.2, -0.15) is 0 Å². The number of nitrogens with one attached hydrogen (secondary N) is 1. The van der Waals surface area contributed by atoms with Crippen LogP contribution in [0.4, 0.5) is 0 Å². The van der Waals surface area contributed by atoms with Crippen molar-refractivity contribution in [2.45, 2.75) is 20.0 Å². The maximum Gasteiger partial charge on any atom is 0.339 e. The summed E-state index contributed by atoms with van der Waals surface area (Å²) in [7, 11) is 1.54. The number of fused-ring (bicyclic) bond motifs is 1. The van der Waals surface area contributed by atoms with E-state index in [0.717, 1.165) is 5.76 Å². The first-order valence-corrected chi connectivity index (χ1v) is 8.94. The van der Waals surface area contributed by atoms with Crippen molar-refractivity contribution in [2.75, 3.05) is 20.3 Å². The number of esters is 1. The van der Waals surface area contributed by atoms with Crippen molar-refractivity contribution < 1.29 is 23.5 Å². The number of nitrogens with zero attached hydrogens (tertiary/aromatic N) is 1. The van der Waals surface area contributed by atoms with Gasteiger partial charge in [0.1, 0.15) is 11.5 Å². The third-order valence-corrected chi connectivity index (χ3v) is 4.19. The molecule has 7 heteroatoms. The van der Waals surface area contributed by atoms with Crippen LogP contribution in [-0.2, 0) is 14.3 Å². The molecule has 7 nitrogen and oxygen atoms in total. The maximum absolute atomic E-state index is 12.8. The molecule has 2 aromatic heterocycles. The molecule has 0 aliphatic rings. The number of hydrogen-bond acceptors (Lipinski definition) is 6. The van der Waals surface area contributed by atoms with E-state index in [0.29, 0.717) is 41.1 Å². The minimum absolute atomic E-state index is 0.325. The molecule has 1 aromatic carbocycles. The van der Waals surface area contributed by atoms with Crippen LogP contribution in [0.3, 0.4) is 0 Å². The molecule has 0 saturated carbocycles. The lowest BCUT2D eigenvalue weighted by Gasteiger charge is -2.14. The minimum atomic E-state index is -0.939. The van der Waals surface area contributed by atoms with Gasteiger partial charge in [0.05, 0.1) is 17.7 Å². The fourth-order valence-electron chi connectivity index (χ4n) is 2.74. The van der Waals surface area contributed by atoms with Crippen molar-refractivity contribution >= 4 is 22.8 Å². The van der Waals surface area contributed by atoms with Crippen LogP contribution >= 0.6 is 0 Å². The van der Waals surface area contributed by atoms with E-state index in [9.17, 15) is 9.59 Å². The molecule has 2 heterocycles. The van der Waals surface area contributed by atoms with Gasteiger partial charge in [0.2, 0.25) is 0 Å². The molecule has 3 rings (SSSR count). The van der Waals surface area contributed by atoms with Crippen molar-refractivity contribution in [3.8, 4) is 11.5 Å².